The van der Waals surface area contributed by atoms with Crippen LogP contribution in [-0.4, -0.2) is 24.2 Å². The summed E-state index contributed by atoms with van der Waals surface area (Å²) in [5.74, 6) is 0.162. The fourth-order valence-corrected chi connectivity index (χ4v) is 2.38. The van der Waals surface area contributed by atoms with E-state index >= 15 is 0 Å². The van der Waals surface area contributed by atoms with E-state index in [-0.39, 0.29) is 30.4 Å². The van der Waals surface area contributed by atoms with E-state index in [0.29, 0.717) is 29.3 Å². The standard InChI is InChI=1S/C20H22N2O4/c1-3-26-18-9-7-15(8-10-18)19(24)11-12-20(25)22-17-6-4-5-16(13-17)21-14(2)23/h4-10,13H,3,11-12H2,1-2H3,(H,21,23)(H,22,25). The third-order valence-electron chi connectivity index (χ3n) is 3.53. The second-order valence-corrected chi connectivity index (χ2v) is 5.69. The Hall–Kier alpha value is -3.15. The van der Waals surface area contributed by atoms with Crippen molar-refractivity contribution in [3.05, 3.63) is 54.1 Å². The number of rotatable bonds is 8. The number of amides is 2. The van der Waals surface area contributed by atoms with Gasteiger partial charge < -0.3 is 15.4 Å². The highest BCUT2D eigenvalue weighted by atomic mass is 16.5. The van der Waals surface area contributed by atoms with Crippen molar-refractivity contribution >= 4 is 29.0 Å². The fourth-order valence-electron chi connectivity index (χ4n) is 2.38. The van der Waals surface area contributed by atoms with Crippen molar-refractivity contribution in [2.24, 2.45) is 0 Å². The van der Waals surface area contributed by atoms with Crippen molar-refractivity contribution in [3.8, 4) is 5.75 Å². The van der Waals surface area contributed by atoms with Gasteiger partial charge in [0, 0.05) is 36.7 Å². The molecule has 136 valence electrons. The number of carbonyl (C=O) groups is 3. The SMILES string of the molecule is CCOc1ccc(C(=O)CCC(=O)Nc2cccc(NC(C)=O)c2)cc1. The van der Waals surface area contributed by atoms with Gasteiger partial charge in [0.25, 0.3) is 0 Å². The van der Waals surface area contributed by atoms with E-state index in [9.17, 15) is 14.4 Å². The number of ketones is 1. The number of hydrogen-bond acceptors (Lipinski definition) is 4. The molecule has 2 N–H and O–H groups in total. The Kier molecular flexibility index (Phi) is 6.91. The number of anilines is 2. The van der Waals surface area contributed by atoms with Crippen molar-refractivity contribution in [2.75, 3.05) is 17.2 Å². The molecule has 0 aliphatic rings. The van der Waals surface area contributed by atoms with E-state index in [0.717, 1.165) is 0 Å². The van der Waals surface area contributed by atoms with E-state index in [1.54, 1.807) is 48.5 Å². The van der Waals surface area contributed by atoms with E-state index in [4.69, 9.17) is 4.74 Å². The molecule has 2 amide bonds. The minimum absolute atomic E-state index is 0.0798. The monoisotopic (exact) mass is 354 g/mol. The summed E-state index contributed by atoms with van der Waals surface area (Å²) in [7, 11) is 0. The molecule has 0 spiro atoms. The van der Waals surface area contributed by atoms with Gasteiger partial charge in [-0.15, -0.1) is 0 Å². The van der Waals surface area contributed by atoms with Crippen LogP contribution in [0.2, 0.25) is 0 Å². The predicted octanol–water partition coefficient (Wildman–Crippen LogP) is 3.65. The van der Waals surface area contributed by atoms with Gasteiger partial charge in [0.1, 0.15) is 5.75 Å². The molecule has 6 heteroatoms. The van der Waals surface area contributed by atoms with Crippen LogP contribution in [0.3, 0.4) is 0 Å². The zero-order chi connectivity index (χ0) is 18.9. The topological polar surface area (TPSA) is 84.5 Å². The molecule has 0 unspecified atom stereocenters. The Labute approximate surface area is 152 Å². The largest absolute Gasteiger partial charge is 0.494 e. The molecular weight excluding hydrogens is 332 g/mol. The lowest BCUT2D eigenvalue weighted by molar-refractivity contribution is -0.116. The third-order valence-corrected chi connectivity index (χ3v) is 3.53. The van der Waals surface area contributed by atoms with Gasteiger partial charge in [0.2, 0.25) is 11.8 Å². The first-order valence-corrected chi connectivity index (χ1v) is 8.41. The normalized spacial score (nSPS) is 10.1. The quantitative estimate of drug-likeness (QED) is 0.709. The van der Waals surface area contributed by atoms with Gasteiger partial charge in [-0.2, -0.15) is 0 Å². The number of hydrogen-bond donors (Lipinski definition) is 2. The molecule has 2 rings (SSSR count). The molecule has 0 aliphatic carbocycles. The molecular formula is C20H22N2O4. The van der Waals surface area contributed by atoms with Crippen molar-refractivity contribution in [1.29, 1.82) is 0 Å². The zero-order valence-electron chi connectivity index (χ0n) is 14.9. The van der Waals surface area contributed by atoms with E-state index in [1.165, 1.54) is 6.92 Å². The summed E-state index contributed by atoms with van der Waals surface area (Å²) in [6, 6.07) is 13.7. The number of carbonyl (C=O) groups excluding carboxylic acids is 3. The van der Waals surface area contributed by atoms with Gasteiger partial charge in [0.15, 0.2) is 5.78 Å². The van der Waals surface area contributed by atoms with Crippen LogP contribution in [0.4, 0.5) is 11.4 Å². The summed E-state index contributed by atoms with van der Waals surface area (Å²) < 4.78 is 5.34. The second kappa shape index (κ2) is 9.36. The summed E-state index contributed by atoms with van der Waals surface area (Å²) in [6.45, 7) is 3.87. The van der Waals surface area contributed by atoms with Crippen molar-refractivity contribution in [2.45, 2.75) is 26.7 Å². The van der Waals surface area contributed by atoms with Gasteiger partial charge in [-0.25, -0.2) is 0 Å². The van der Waals surface area contributed by atoms with Crippen LogP contribution in [0, 0.1) is 0 Å². The molecule has 2 aromatic carbocycles. The average Bonchev–Trinajstić information content (AvgIpc) is 2.60. The minimum atomic E-state index is -0.260. The Balaban J connectivity index is 1.86. The van der Waals surface area contributed by atoms with Gasteiger partial charge in [-0.1, -0.05) is 6.07 Å². The molecule has 0 saturated carbocycles. The van der Waals surface area contributed by atoms with Gasteiger partial charge in [0.05, 0.1) is 6.61 Å². The lowest BCUT2D eigenvalue weighted by Crippen LogP contribution is -2.14. The Morgan fingerprint density at radius 3 is 2.19 bits per heavy atom. The third kappa shape index (κ3) is 6.05. The summed E-state index contributed by atoms with van der Waals surface area (Å²) >= 11 is 0. The molecule has 6 nitrogen and oxygen atoms in total. The van der Waals surface area contributed by atoms with Crippen molar-refractivity contribution < 1.29 is 19.1 Å². The maximum atomic E-state index is 12.2. The minimum Gasteiger partial charge on any atom is -0.494 e. The first-order chi connectivity index (χ1) is 12.5. The smallest absolute Gasteiger partial charge is 0.224 e. The van der Waals surface area contributed by atoms with Crippen molar-refractivity contribution in [3.63, 3.8) is 0 Å². The molecule has 0 saturated heterocycles. The fraction of sp³-hybridized carbons (Fsp3) is 0.250. The summed E-state index contributed by atoms with van der Waals surface area (Å²) in [4.78, 5) is 35.3. The molecule has 0 bridgehead atoms. The molecule has 26 heavy (non-hydrogen) atoms. The van der Waals surface area contributed by atoms with Gasteiger partial charge in [-0.3, -0.25) is 14.4 Å². The van der Waals surface area contributed by atoms with Crippen LogP contribution in [-0.2, 0) is 9.59 Å². The van der Waals surface area contributed by atoms with E-state index < -0.39 is 0 Å². The molecule has 0 aromatic heterocycles. The van der Waals surface area contributed by atoms with Gasteiger partial charge >= 0.3 is 0 Å². The Morgan fingerprint density at radius 1 is 0.923 bits per heavy atom. The molecule has 0 heterocycles. The number of nitrogens with one attached hydrogen (secondary N) is 2. The van der Waals surface area contributed by atoms with Crippen LogP contribution in [0.15, 0.2) is 48.5 Å². The highest BCUT2D eigenvalue weighted by Crippen LogP contribution is 2.17. The van der Waals surface area contributed by atoms with Crippen LogP contribution in [0.25, 0.3) is 0 Å². The maximum Gasteiger partial charge on any atom is 0.224 e. The highest BCUT2D eigenvalue weighted by Gasteiger charge is 2.10. The van der Waals surface area contributed by atoms with Crippen LogP contribution in [0.5, 0.6) is 5.75 Å². The Morgan fingerprint density at radius 2 is 1.58 bits per heavy atom. The number of Topliss-reactive ketones (excluding diaryl/α,β-unsaturated/α-hetero) is 1. The predicted molar refractivity (Wildman–Crippen MR) is 101 cm³/mol. The first kappa shape index (κ1) is 19.2. The maximum absolute atomic E-state index is 12.2. The first-order valence-electron chi connectivity index (χ1n) is 8.41. The average molecular weight is 354 g/mol. The highest BCUT2D eigenvalue weighted by molar-refractivity contribution is 6.00. The summed E-state index contributed by atoms with van der Waals surface area (Å²) in [6.07, 6.45) is 0.196. The molecule has 0 fully saturated rings. The lowest BCUT2D eigenvalue weighted by Gasteiger charge is -2.08. The Bertz CT molecular complexity index is 785. The zero-order valence-corrected chi connectivity index (χ0v) is 14.9. The lowest BCUT2D eigenvalue weighted by atomic mass is 10.1. The summed E-state index contributed by atoms with van der Waals surface area (Å²) in [5, 5.41) is 5.37. The van der Waals surface area contributed by atoms with E-state index in [2.05, 4.69) is 10.6 Å². The van der Waals surface area contributed by atoms with Crippen molar-refractivity contribution in [1.82, 2.24) is 0 Å². The van der Waals surface area contributed by atoms with Crippen LogP contribution >= 0.6 is 0 Å². The number of benzene rings is 2. The molecule has 0 radical (unpaired) electrons. The second-order valence-electron chi connectivity index (χ2n) is 5.69. The number of ether oxygens (including phenoxy) is 1. The van der Waals surface area contributed by atoms with Crippen LogP contribution < -0.4 is 15.4 Å². The molecule has 2 aromatic rings. The molecule has 0 aliphatic heterocycles. The summed E-state index contributed by atoms with van der Waals surface area (Å²) in [5.41, 5.74) is 1.71. The van der Waals surface area contributed by atoms with E-state index in [1.807, 2.05) is 6.92 Å². The molecule has 0 atom stereocenters. The van der Waals surface area contributed by atoms with Gasteiger partial charge in [-0.05, 0) is 49.4 Å². The van der Waals surface area contributed by atoms with Crippen LogP contribution in [0.1, 0.15) is 37.0 Å².